The molecule has 0 rings (SSSR count). The van der Waals surface area contributed by atoms with Gasteiger partial charge in [-0.2, -0.15) is 0 Å². The molecule has 0 radical (unpaired) electrons. The molecule has 6 heteroatoms. The van der Waals surface area contributed by atoms with Crippen LogP contribution in [0.2, 0.25) is 0 Å². The Morgan fingerprint density at radius 3 is 1.41 bits per heavy atom. The van der Waals surface area contributed by atoms with E-state index in [1.807, 2.05) is 7.05 Å². The molecule has 0 spiro atoms. The first-order chi connectivity index (χ1) is 24.0. The average molecular weight is 689 g/mol. The lowest BCUT2D eigenvalue weighted by molar-refractivity contribution is -0.129. The highest BCUT2D eigenvalue weighted by molar-refractivity contribution is 5.87. The molecule has 0 bridgehead atoms. The first-order valence-electron chi connectivity index (χ1n) is 21.3. The third-order valence-electron chi connectivity index (χ3n) is 9.63. The summed E-state index contributed by atoms with van der Waals surface area (Å²) in [5.41, 5.74) is 1.16. The predicted octanol–water partition coefficient (Wildman–Crippen LogP) is 11.6. The summed E-state index contributed by atoms with van der Waals surface area (Å²) in [6.45, 7) is 9.95. The molecule has 0 aromatic rings. The van der Waals surface area contributed by atoms with Crippen molar-refractivity contribution in [1.29, 1.82) is 0 Å². The van der Waals surface area contributed by atoms with E-state index in [9.17, 15) is 9.59 Å². The SMILES string of the molecule is CCCCCCCC/C=C\CCCCCCCC(=O)NC(CCNC(NC)=C(C)C)C(=O)NCCCCCCCCCCCCCCCC. The van der Waals surface area contributed by atoms with E-state index in [4.69, 9.17) is 0 Å². The van der Waals surface area contributed by atoms with Crippen LogP contribution in [0.1, 0.15) is 214 Å². The van der Waals surface area contributed by atoms with E-state index in [1.165, 1.54) is 148 Å². The van der Waals surface area contributed by atoms with Crippen LogP contribution in [0.5, 0.6) is 0 Å². The van der Waals surface area contributed by atoms with E-state index in [0.29, 0.717) is 25.9 Å². The smallest absolute Gasteiger partial charge is 0.242 e. The van der Waals surface area contributed by atoms with Gasteiger partial charge in [0.15, 0.2) is 0 Å². The maximum absolute atomic E-state index is 13.1. The molecule has 0 saturated carbocycles. The highest BCUT2D eigenvalue weighted by Crippen LogP contribution is 2.13. The van der Waals surface area contributed by atoms with E-state index in [2.05, 4.69) is 61.1 Å². The Morgan fingerprint density at radius 1 is 0.531 bits per heavy atom. The zero-order valence-corrected chi connectivity index (χ0v) is 33.5. The summed E-state index contributed by atoms with van der Waals surface area (Å²) in [7, 11) is 1.89. The van der Waals surface area contributed by atoms with Gasteiger partial charge in [-0.1, -0.05) is 161 Å². The van der Waals surface area contributed by atoms with Gasteiger partial charge >= 0.3 is 0 Å². The molecule has 0 aromatic heterocycles. The van der Waals surface area contributed by atoms with E-state index in [1.54, 1.807) is 0 Å². The number of rotatable bonds is 37. The zero-order valence-electron chi connectivity index (χ0n) is 33.5. The number of hydrogen-bond acceptors (Lipinski definition) is 4. The average Bonchev–Trinajstić information content (AvgIpc) is 3.09. The summed E-state index contributed by atoms with van der Waals surface area (Å²) in [4.78, 5) is 25.9. The molecule has 0 saturated heterocycles. The van der Waals surface area contributed by atoms with Gasteiger partial charge in [-0.05, 0) is 64.4 Å². The maximum Gasteiger partial charge on any atom is 0.242 e. The number of unbranched alkanes of at least 4 members (excludes halogenated alkanes) is 24. The van der Waals surface area contributed by atoms with Crippen molar-refractivity contribution in [2.75, 3.05) is 20.1 Å². The van der Waals surface area contributed by atoms with Crippen molar-refractivity contribution in [3.8, 4) is 0 Å². The Balaban J connectivity index is 4.19. The fourth-order valence-corrected chi connectivity index (χ4v) is 6.40. The second-order valence-corrected chi connectivity index (χ2v) is 14.7. The van der Waals surface area contributed by atoms with Crippen molar-refractivity contribution in [2.45, 2.75) is 220 Å². The molecule has 49 heavy (non-hydrogen) atoms. The minimum atomic E-state index is -0.509. The Bertz CT molecular complexity index is 806. The first kappa shape index (κ1) is 47.0. The van der Waals surface area contributed by atoms with Crippen molar-refractivity contribution >= 4 is 11.8 Å². The molecule has 0 aromatic carbocycles. The molecule has 0 aliphatic rings. The predicted molar refractivity (Wildman–Crippen MR) is 215 cm³/mol. The first-order valence-corrected chi connectivity index (χ1v) is 21.3. The molecule has 6 nitrogen and oxygen atoms in total. The van der Waals surface area contributed by atoms with Gasteiger partial charge in [-0.3, -0.25) is 9.59 Å². The third-order valence-corrected chi connectivity index (χ3v) is 9.63. The third kappa shape index (κ3) is 33.0. The maximum atomic E-state index is 13.1. The zero-order chi connectivity index (χ0) is 36.0. The quantitative estimate of drug-likeness (QED) is 0.0387. The topological polar surface area (TPSA) is 82.3 Å². The lowest BCUT2D eigenvalue weighted by Crippen LogP contribution is -2.48. The summed E-state index contributed by atoms with van der Waals surface area (Å²) >= 11 is 0. The van der Waals surface area contributed by atoms with Crippen LogP contribution in [0.4, 0.5) is 0 Å². The van der Waals surface area contributed by atoms with Crippen molar-refractivity contribution < 1.29 is 9.59 Å². The molecule has 2 amide bonds. The Labute approximate surface area is 305 Å². The summed E-state index contributed by atoms with van der Waals surface area (Å²) in [5, 5.41) is 12.7. The van der Waals surface area contributed by atoms with Crippen LogP contribution in [0.25, 0.3) is 0 Å². The van der Waals surface area contributed by atoms with E-state index >= 15 is 0 Å². The standard InChI is InChI=1S/C43H84N4O2/c1-6-8-10-12-14-16-18-20-22-23-25-27-29-31-33-35-41(48)47-40(36-38-45-42(44-5)39(3)4)43(49)46-37-34-32-30-28-26-24-21-19-17-15-13-11-9-7-2/h20,22,40,44-45H,6-19,21,23-38H2,1-5H3,(H,46,49)(H,47,48)/b22-20-. The molecule has 288 valence electrons. The lowest BCUT2D eigenvalue weighted by atomic mass is 10.0. The Kier molecular flexibility index (Phi) is 35.8. The molecular weight excluding hydrogens is 604 g/mol. The van der Waals surface area contributed by atoms with Crippen molar-refractivity contribution in [3.63, 3.8) is 0 Å². The Hall–Kier alpha value is -1.98. The van der Waals surface area contributed by atoms with Crippen LogP contribution in [0.3, 0.4) is 0 Å². The fraction of sp³-hybridized carbons (Fsp3) is 0.860. The van der Waals surface area contributed by atoms with Crippen molar-refractivity contribution in [1.82, 2.24) is 21.3 Å². The van der Waals surface area contributed by atoms with Gasteiger partial charge in [0.1, 0.15) is 6.04 Å². The van der Waals surface area contributed by atoms with Gasteiger partial charge in [0.25, 0.3) is 0 Å². The molecule has 0 aliphatic carbocycles. The van der Waals surface area contributed by atoms with Gasteiger partial charge in [0.05, 0.1) is 5.82 Å². The highest BCUT2D eigenvalue weighted by atomic mass is 16.2. The number of nitrogens with one attached hydrogen (secondary N) is 4. The molecule has 0 fully saturated rings. The van der Waals surface area contributed by atoms with Crippen LogP contribution in [0, 0.1) is 0 Å². The summed E-state index contributed by atoms with van der Waals surface area (Å²) < 4.78 is 0. The van der Waals surface area contributed by atoms with Crippen molar-refractivity contribution in [2.24, 2.45) is 0 Å². The van der Waals surface area contributed by atoms with Crippen LogP contribution < -0.4 is 21.3 Å². The molecule has 1 unspecified atom stereocenters. The van der Waals surface area contributed by atoms with E-state index in [-0.39, 0.29) is 11.8 Å². The van der Waals surface area contributed by atoms with Crippen molar-refractivity contribution in [3.05, 3.63) is 23.5 Å². The summed E-state index contributed by atoms with van der Waals surface area (Å²) in [6, 6.07) is -0.509. The van der Waals surface area contributed by atoms with Crippen LogP contribution >= 0.6 is 0 Å². The van der Waals surface area contributed by atoms with E-state index in [0.717, 1.165) is 37.1 Å². The van der Waals surface area contributed by atoms with Gasteiger partial charge in [-0.15, -0.1) is 0 Å². The number of amides is 2. The number of carbonyl (C=O) groups is 2. The van der Waals surface area contributed by atoms with Crippen LogP contribution in [-0.2, 0) is 9.59 Å². The fourth-order valence-electron chi connectivity index (χ4n) is 6.40. The summed E-state index contributed by atoms with van der Waals surface area (Å²) in [6.07, 6.45) is 40.4. The molecule has 4 N–H and O–H groups in total. The van der Waals surface area contributed by atoms with Gasteiger partial charge in [0, 0.05) is 26.6 Å². The van der Waals surface area contributed by atoms with Gasteiger partial charge in [-0.25, -0.2) is 0 Å². The second kappa shape index (κ2) is 37.3. The van der Waals surface area contributed by atoms with E-state index < -0.39 is 6.04 Å². The molecule has 0 aliphatic heterocycles. The molecule has 1 atom stereocenters. The minimum Gasteiger partial charge on any atom is -0.375 e. The number of hydrogen-bond donors (Lipinski definition) is 4. The minimum absolute atomic E-state index is 0.00896. The van der Waals surface area contributed by atoms with Crippen LogP contribution in [-0.4, -0.2) is 38.0 Å². The lowest BCUT2D eigenvalue weighted by Gasteiger charge is -2.20. The van der Waals surface area contributed by atoms with Gasteiger partial charge in [0.2, 0.25) is 11.8 Å². The van der Waals surface area contributed by atoms with Gasteiger partial charge < -0.3 is 21.3 Å². The van der Waals surface area contributed by atoms with Crippen LogP contribution in [0.15, 0.2) is 23.5 Å². The summed E-state index contributed by atoms with van der Waals surface area (Å²) in [5.74, 6) is 0.907. The Morgan fingerprint density at radius 2 is 0.959 bits per heavy atom. The normalized spacial score (nSPS) is 11.9. The monoisotopic (exact) mass is 689 g/mol. The molecular formula is C43H84N4O2. The highest BCUT2D eigenvalue weighted by Gasteiger charge is 2.20. The number of carbonyl (C=O) groups excluding carboxylic acids is 2. The molecule has 0 heterocycles. The largest absolute Gasteiger partial charge is 0.375 e. The number of allylic oxidation sites excluding steroid dienone is 3. The second-order valence-electron chi connectivity index (χ2n) is 14.7.